The molecule has 2 heterocycles. The highest BCUT2D eigenvalue weighted by Gasteiger charge is 2.23. The Morgan fingerprint density at radius 3 is 2.55 bits per heavy atom. The van der Waals surface area contributed by atoms with Gasteiger partial charge in [-0.3, -0.25) is 9.69 Å². The summed E-state index contributed by atoms with van der Waals surface area (Å²) in [5.41, 5.74) is 2.41. The van der Waals surface area contributed by atoms with Gasteiger partial charge in [0.15, 0.2) is 12.4 Å². The molecular formula is C23H24ClFN4O2. The first-order chi connectivity index (χ1) is 15.0. The summed E-state index contributed by atoms with van der Waals surface area (Å²) < 4.78 is 20.4. The quantitative estimate of drug-likeness (QED) is 0.579. The van der Waals surface area contributed by atoms with Crippen LogP contribution in [-0.2, 0) is 13.3 Å². The number of aromatic nitrogens is 2. The summed E-state index contributed by atoms with van der Waals surface area (Å²) in [6.07, 6.45) is 1.74. The summed E-state index contributed by atoms with van der Waals surface area (Å²) in [5.74, 6) is 0.417. The van der Waals surface area contributed by atoms with E-state index in [1.165, 1.54) is 12.1 Å². The van der Waals surface area contributed by atoms with Gasteiger partial charge < -0.3 is 9.64 Å². The number of carbonyl (C=O) groups is 1. The predicted octanol–water partition coefficient (Wildman–Crippen LogP) is 3.98. The first-order valence-corrected chi connectivity index (χ1v) is 10.5. The first kappa shape index (κ1) is 21.3. The lowest BCUT2D eigenvalue weighted by atomic mass is 10.2. The molecule has 3 aromatic rings. The number of benzene rings is 2. The monoisotopic (exact) mass is 442 g/mol. The van der Waals surface area contributed by atoms with E-state index < -0.39 is 0 Å². The molecule has 1 aliphatic heterocycles. The van der Waals surface area contributed by atoms with E-state index in [0.29, 0.717) is 23.8 Å². The number of nitrogens with zero attached hydrogens (tertiary/aromatic N) is 4. The number of piperazine rings is 1. The zero-order valence-electron chi connectivity index (χ0n) is 17.3. The van der Waals surface area contributed by atoms with E-state index in [9.17, 15) is 9.18 Å². The van der Waals surface area contributed by atoms with Gasteiger partial charge in [0.2, 0.25) is 0 Å². The van der Waals surface area contributed by atoms with Crippen LogP contribution < -0.4 is 4.74 Å². The molecule has 162 valence electrons. The second-order valence-corrected chi connectivity index (χ2v) is 8.05. The summed E-state index contributed by atoms with van der Waals surface area (Å²) in [6.45, 7) is 5.68. The van der Waals surface area contributed by atoms with Gasteiger partial charge in [-0.05, 0) is 54.4 Å². The molecule has 0 radical (unpaired) electrons. The van der Waals surface area contributed by atoms with Crippen LogP contribution in [0.1, 0.15) is 21.6 Å². The van der Waals surface area contributed by atoms with Crippen molar-refractivity contribution >= 4 is 17.5 Å². The molecule has 1 aromatic heterocycles. The fraction of sp³-hybridized carbons (Fsp3) is 0.304. The second-order valence-electron chi connectivity index (χ2n) is 7.62. The fourth-order valence-corrected chi connectivity index (χ4v) is 3.80. The van der Waals surface area contributed by atoms with Crippen molar-refractivity contribution in [1.29, 1.82) is 0 Å². The minimum absolute atomic E-state index is 0.0807. The van der Waals surface area contributed by atoms with Crippen LogP contribution in [0, 0.1) is 12.7 Å². The third-order valence-electron chi connectivity index (χ3n) is 5.33. The van der Waals surface area contributed by atoms with Crippen molar-refractivity contribution in [2.75, 3.05) is 26.2 Å². The number of halogens is 2. The minimum Gasteiger partial charge on any atom is -0.471 e. The van der Waals surface area contributed by atoms with Crippen LogP contribution in [-0.4, -0.2) is 51.7 Å². The first-order valence-electron chi connectivity index (χ1n) is 10.2. The lowest BCUT2D eigenvalue weighted by Crippen LogP contribution is -2.48. The molecule has 4 rings (SSSR count). The highest BCUT2D eigenvalue weighted by atomic mass is 35.5. The molecule has 1 fully saturated rings. The number of aryl methyl sites for hydroxylation is 1. The Morgan fingerprint density at radius 2 is 1.84 bits per heavy atom. The highest BCUT2D eigenvalue weighted by Crippen LogP contribution is 2.22. The third-order valence-corrected chi connectivity index (χ3v) is 5.56. The Hall–Kier alpha value is -2.90. The Bertz CT molecular complexity index is 1050. The number of rotatable bonds is 6. The smallest absolute Gasteiger partial charge is 0.274 e. The average molecular weight is 443 g/mol. The molecule has 8 heteroatoms. The van der Waals surface area contributed by atoms with Crippen LogP contribution in [0.3, 0.4) is 0 Å². The SMILES string of the molecule is Cc1cc(Cl)ccc1OCn1ccc(C(=O)N2CCN(Cc3ccc(F)cc3)CC2)n1. The number of carbonyl (C=O) groups excluding carboxylic acids is 1. The van der Waals surface area contributed by atoms with E-state index in [-0.39, 0.29) is 18.5 Å². The van der Waals surface area contributed by atoms with Gasteiger partial charge in [0.05, 0.1) is 0 Å². The number of hydrogen-bond donors (Lipinski definition) is 0. The van der Waals surface area contributed by atoms with Crippen molar-refractivity contribution in [3.63, 3.8) is 0 Å². The minimum atomic E-state index is -0.229. The van der Waals surface area contributed by atoms with Crippen LogP contribution in [0.15, 0.2) is 54.7 Å². The van der Waals surface area contributed by atoms with Crippen LogP contribution >= 0.6 is 11.6 Å². The van der Waals surface area contributed by atoms with Gasteiger partial charge in [0, 0.05) is 43.9 Å². The number of hydrogen-bond acceptors (Lipinski definition) is 4. The van der Waals surface area contributed by atoms with Crippen LogP contribution in [0.4, 0.5) is 4.39 Å². The summed E-state index contributed by atoms with van der Waals surface area (Å²) in [6, 6.07) is 13.7. The van der Waals surface area contributed by atoms with E-state index >= 15 is 0 Å². The van der Waals surface area contributed by atoms with E-state index in [4.69, 9.17) is 16.3 Å². The van der Waals surface area contributed by atoms with Gasteiger partial charge in [-0.1, -0.05) is 23.7 Å². The highest BCUT2D eigenvalue weighted by molar-refractivity contribution is 6.30. The van der Waals surface area contributed by atoms with Crippen LogP contribution in [0.2, 0.25) is 5.02 Å². The summed E-state index contributed by atoms with van der Waals surface area (Å²) in [4.78, 5) is 16.9. The van der Waals surface area contributed by atoms with Crippen molar-refractivity contribution < 1.29 is 13.9 Å². The van der Waals surface area contributed by atoms with Crippen molar-refractivity contribution in [3.05, 3.63) is 82.4 Å². The molecule has 0 bridgehead atoms. The van der Waals surface area contributed by atoms with Crippen molar-refractivity contribution in [1.82, 2.24) is 19.6 Å². The molecule has 31 heavy (non-hydrogen) atoms. The molecular weight excluding hydrogens is 419 g/mol. The molecule has 0 unspecified atom stereocenters. The molecule has 2 aromatic carbocycles. The standard InChI is InChI=1S/C23H24ClFN4O2/c1-17-14-19(24)4-7-22(17)31-16-29-9-8-21(26-29)23(30)28-12-10-27(11-13-28)15-18-2-5-20(25)6-3-18/h2-9,14H,10-13,15-16H2,1H3. The topological polar surface area (TPSA) is 50.6 Å². The zero-order valence-corrected chi connectivity index (χ0v) is 18.1. The van der Waals surface area contributed by atoms with Gasteiger partial charge in [-0.15, -0.1) is 0 Å². The van der Waals surface area contributed by atoms with Gasteiger partial charge in [0.1, 0.15) is 11.6 Å². The fourth-order valence-electron chi connectivity index (χ4n) is 3.58. The van der Waals surface area contributed by atoms with E-state index in [0.717, 1.165) is 36.5 Å². The lowest BCUT2D eigenvalue weighted by molar-refractivity contribution is 0.0620. The zero-order chi connectivity index (χ0) is 21.8. The Morgan fingerprint density at radius 1 is 1.10 bits per heavy atom. The summed E-state index contributed by atoms with van der Waals surface area (Å²) >= 11 is 5.97. The van der Waals surface area contributed by atoms with Crippen molar-refractivity contribution in [2.45, 2.75) is 20.2 Å². The molecule has 1 aliphatic rings. The summed E-state index contributed by atoms with van der Waals surface area (Å²) in [5, 5.41) is 5.03. The molecule has 1 saturated heterocycles. The third kappa shape index (κ3) is 5.42. The average Bonchev–Trinajstić information content (AvgIpc) is 3.24. The largest absolute Gasteiger partial charge is 0.471 e. The maximum absolute atomic E-state index is 13.1. The van der Waals surface area contributed by atoms with Crippen LogP contribution in [0.5, 0.6) is 5.75 Å². The lowest BCUT2D eigenvalue weighted by Gasteiger charge is -2.34. The molecule has 0 spiro atoms. The Labute approximate surface area is 185 Å². The molecule has 1 amide bonds. The predicted molar refractivity (Wildman–Crippen MR) is 117 cm³/mol. The van der Waals surface area contributed by atoms with Gasteiger partial charge in [-0.2, -0.15) is 5.10 Å². The molecule has 0 N–H and O–H groups in total. The Balaban J connectivity index is 1.28. The van der Waals surface area contributed by atoms with Crippen molar-refractivity contribution in [3.8, 4) is 5.75 Å². The molecule has 0 aliphatic carbocycles. The maximum atomic E-state index is 13.1. The van der Waals surface area contributed by atoms with E-state index in [2.05, 4.69) is 10.00 Å². The summed E-state index contributed by atoms with van der Waals surface area (Å²) in [7, 11) is 0. The van der Waals surface area contributed by atoms with E-state index in [1.807, 2.05) is 24.0 Å². The van der Waals surface area contributed by atoms with Gasteiger partial charge >= 0.3 is 0 Å². The number of amides is 1. The van der Waals surface area contributed by atoms with E-state index in [1.54, 1.807) is 35.1 Å². The maximum Gasteiger partial charge on any atom is 0.274 e. The van der Waals surface area contributed by atoms with Crippen molar-refractivity contribution in [2.24, 2.45) is 0 Å². The number of ether oxygens (including phenoxy) is 1. The van der Waals surface area contributed by atoms with Gasteiger partial charge in [-0.25, -0.2) is 9.07 Å². The van der Waals surface area contributed by atoms with Gasteiger partial charge in [0.25, 0.3) is 5.91 Å². The molecule has 6 nitrogen and oxygen atoms in total. The Kier molecular flexibility index (Phi) is 6.53. The second kappa shape index (κ2) is 9.49. The normalized spacial score (nSPS) is 14.6. The molecule has 0 atom stereocenters. The van der Waals surface area contributed by atoms with Crippen LogP contribution in [0.25, 0.3) is 0 Å². The molecule has 0 saturated carbocycles.